The van der Waals surface area contributed by atoms with Gasteiger partial charge in [-0.05, 0) is 24.6 Å². The number of hydrogen-bond donors (Lipinski definition) is 0. The largest absolute Gasteiger partial charge is 0.322 e. The predicted octanol–water partition coefficient (Wildman–Crippen LogP) is 1.02. The molecule has 1 unspecified atom stereocenters. The van der Waals surface area contributed by atoms with Crippen LogP contribution in [0, 0.1) is 18.3 Å². The van der Waals surface area contributed by atoms with E-state index in [1.807, 2.05) is 0 Å². The summed E-state index contributed by atoms with van der Waals surface area (Å²) in [6, 6.07) is 0. The summed E-state index contributed by atoms with van der Waals surface area (Å²) in [6.45, 7) is 3.38. The van der Waals surface area contributed by atoms with Crippen LogP contribution in [0.4, 0.5) is 0 Å². The number of rotatable bonds is 0. The topological polar surface area (TPSA) is 43.4 Å². The van der Waals surface area contributed by atoms with E-state index in [1.54, 1.807) is 13.8 Å². The molecule has 12 heavy (non-hydrogen) atoms. The normalized spacial score (nSPS) is 32.2. The van der Waals surface area contributed by atoms with Gasteiger partial charge in [-0.2, -0.15) is 8.42 Å². The van der Waals surface area contributed by atoms with Crippen molar-refractivity contribution in [1.29, 1.82) is 0 Å². The van der Waals surface area contributed by atoms with Gasteiger partial charge in [0.25, 0.3) is 0 Å². The summed E-state index contributed by atoms with van der Waals surface area (Å²) >= 11 is 0. The second-order valence-corrected chi connectivity index (χ2v) is 6.58. The van der Waals surface area contributed by atoms with E-state index in [0.717, 1.165) is 10.8 Å². The number of hydrogen-bond acceptors (Lipinski definition) is 4. The third kappa shape index (κ3) is 1.94. The Morgan fingerprint density at radius 2 is 2.25 bits per heavy atom. The van der Waals surface area contributed by atoms with Gasteiger partial charge in [-0.15, -0.1) is 6.42 Å². The molecule has 5 heteroatoms. The highest BCUT2D eigenvalue weighted by Crippen LogP contribution is 2.36. The van der Waals surface area contributed by atoms with Crippen LogP contribution in [0.25, 0.3) is 0 Å². The fraction of sp³-hybridized carbons (Fsp3) is 0.714. The van der Waals surface area contributed by atoms with E-state index in [-0.39, 0.29) is 5.92 Å². The summed E-state index contributed by atoms with van der Waals surface area (Å²) in [7, 11) is -2.65. The molecule has 0 aromatic rings. The lowest BCUT2D eigenvalue weighted by molar-refractivity contribution is 0.0862. The van der Waals surface area contributed by atoms with Crippen molar-refractivity contribution in [3.63, 3.8) is 0 Å². The van der Waals surface area contributed by atoms with Crippen LogP contribution in [0.5, 0.6) is 0 Å². The minimum absolute atomic E-state index is 0.147. The molecule has 1 aliphatic heterocycles. The second kappa shape index (κ2) is 2.95. The van der Waals surface area contributed by atoms with E-state index < -0.39 is 14.8 Å². The van der Waals surface area contributed by atoms with Gasteiger partial charge in [-0.1, -0.05) is 5.92 Å². The molecule has 0 bridgehead atoms. The van der Waals surface area contributed by atoms with Crippen molar-refractivity contribution in [3.8, 4) is 12.3 Å². The Labute approximate surface area is 76.4 Å². The van der Waals surface area contributed by atoms with Gasteiger partial charge in [0, 0.05) is 5.75 Å². The van der Waals surface area contributed by atoms with E-state index in [9.17, 15) is 8.42 Å². The molecule has 0 aromatic carbocycles. The molecule has 1 saturated heterocycles. The molecule has 1 heterocycles. The van der Waals surface area contributed by atoms with Crippen LogP contribution in [0.15, 0.2) is 0 Å². The smallest absolute Gasteiger partial charge is 0.254 e. The fourth-order valence-electron chi connectivity index (χ4n) is 0.946. The predicted molar refractivity (Wildman–Crippen MR) is 48.9 cm³/mol. The first-order valence-electron chi connectivity index (χ1n) is 3.43. The molecule has 0 aliphatic carbocycles. The van der Waals surface area contributed by atoms with Gasteiger partial charge in [-0.25, -0.2) is 0 Å². The third-order valence-corrected chi connectivity index (χ3v) is 4.61. The second-order valence-electron chi connectivity index (χ2n) is 3.10. The molecular weight excluding hydrogens is 196 g/mol. The van der Waals surface area contributed by atoms with Crippen molar-refractivity contribution in [3.05, 3.63) is 0 Å². The van der Waals surface area contributed by atoms with Crippen molar-refractivity contribution in [2.75, 3.05) is 5.75 Å². The van der Waals surface area contributed by atoms with Crippen LogP contribution >= 0.6 is 10.8 Å². The molecule has 1 fully saturated rings. The van der Waals surface area contributed by atoms with E-state index in [0.29, 0.717) is 5.75 Å². The van der Waals surface area contributed by atoms with Crippen LogP contribution in [-0.4, -0.2) is 19.8 Å². The minimum atomic E-state index is -3.41. The highest BCUT2D eigenvalue weighted by atomic mass is 33.1. The molecule has 0 spiro atoms. The van der Waals surface area contributed by atoms with Crippen molar-refractivity contribution in [2.45, 2.75) is 19.4 Å². The molecule has 1 aliphatic rings. The molecule has 3 nitrogen and oxygen atoms in total. The van der Waals surface area contributed by atoms with Crippen molar-refractivity contribution in [1.82, 2.24) is 0 Å². The summed E-state index contributed by atoms with van der Waals surface area (Å²) in [6.07, 6.45) is 5.23. The van der Waals surface area contributed by atoms with Gasteiger partial charge in [-0.3, -0.25) is 4.18 Å². The van der Waals surface area contributed by atoms with Crippen LogP contribution in [-0.2, 0) is 13.3 Å². The summed E-state index contributed by atoms with van der Waals surface area (Å²) in [5.41, 5.74) is -0.765. The van der Waals surface area contributed by atoms with E-state index >= 15 is 0 Å². The molecule has 1 rings (SSSR count). The quantitative estimate of drug-likeness (QED) is 0.438. The van der Waals surface area contributed by atoms with Gasteiger partial charge in [0.05, 0.1) is 11.5 Å². The Hall–Kier alpha value is -0.180. The molecule has 0 radical (unpaired) electrons. The standard InChI is InChI=1S/C7H10O3S2/c1-4-6-5-11-12(8,9)10-7(6,2)3/h1,6H,5H2,2-3H3. The Balaban J connectivity index is 2.90. The zero-order valence-corrected chi connectivity index (χ0v) is 8.54. The Bertz CT molecular complexity index is 310. The van der Waals surface area contributed by atoms with Crippen LogP contribution in [0.1, 0.15) is 13.8 Å². The first-order valence-corrected chi connectivity index (χ1v) is 6.34. The van der Waals surface area contributed by atoms with Crippen LogP contribution in [0.3, 0.4) is 0 Å². The maximum absolute atomic E-state index is 11.0. The zero-order valence-electron chi connectivity index (χ0n) is 6.90. The highest BCUT2D eigenvalue weighted by molar-refractivity contribution is 8.70. The number of terminal acetylenes is 1. The van der Waals surface area contributed by atoms with Crippen molar-refractivity contribution in [2.24, 2.45) is 5.92 Å². The molecule has 0 aromatic heterocycles. The highest BCUT2D eigenvalue weighted by Gasteiger charge is 2.40. The average Bonchev–Trinajstić information content (AvgIpc) is 1.83. The first-order chi connectivity index (χ1) is 5.37. The van der Waals surface area contributed by atoms with Crippen molar-refractivity contribution >= 4 is 19.9 Å². The first kappa shape index (κ1) is 9.90. The van der Waals surface area contributed by atoms with Gasteiger partial charge < -0.3 is 0 Å². The van der Waals surface area contributed by atoms with E-state index in [4.69, 9.17) is 10.6 Å². The molecule has 0 amide bonds. The van der Waals surface area contributed by atoms with E-state index in [2.05, 4.69) is 5.92 Å². The lowest BCUT2D eigenvalue weighted by atomic mass is 9.94. The molecular formula is C7H10O3S2. The SMILES string of the molecule is C#CC1CSS(=O)(=O)OC1(C)C. The van der Waals surface area contributed by atoms with E-state index in [1.165, 1.54) is 0 Å². The van der Waals surface area contributed by atoms with Crippen molar-refractivity contribution < 1.29 is 12.6 Å². The minimum Gasteiger partial charge on any atom is -0.254 e. The molecule has 1 atom stereocenters. The monoisotopic (exact) mass is 206 g/mol. The van der Waals surface area contributed by atoms with Crippen LogP contribution < -0.4 is 0 Å². The van der Waals surface area contributed by atoms with Crippen LogP contribution in [0.2, 0.25) is 0 Å². The molecule has 0 saturated carbocycles. The average molecular weight is 206 g/mol. The Morgan fingerprint density at radius 3 is 2.67 bits per heavy atom. The fourth-order valence-corrected chi connectivity index (χ4v) is 4.02. The molecule has 0 N–H and O–H groups in total. The summed E-state index contributed by atoms with van der Waals surface area (Å²) in [5, 5.41) is 0. The van der Waals surface area contributed by atoms with Gasteiger partial charge in [0.1, 0.15) is 0 Å². The maximum Gasteiger partial charge on any atom is 0.322 e. The maximum atomic E-state index is 11.0. The Kier molecular flexibility index (Phi) is 2.43. The lowest BCUT2D eigenvalue weighted by Gasteiger charge is -2.33. The lowest BCUT2D eigenvalue weighted by Crippen LogP contribution is -2.40. The molecule has 68 valence electrons. The third-order valence-electron chi connectivity index (χ3n) is 1.74. The van der Waals surface area contributed by atoms with Gasteiger partial charge >= 0.3 is 9.15 Å². The zero-order chi connectivity index (χ0) is 9.41. The van der Waals surface area contributed by atoms with Gasteiger partial charge in [0.2, 0.25) is 0 Å². The summed E-state index contributed by atoms with van der Waals surface area (Å²) < 4.78 is 26.9. The summed E-state index contributed by atoms with van der Waals surface area (Å²) in [5.74, 6) is 2.78. The van der Waals surface area contributed by atoms with Gasteiger partial charge in [0.15, 0.2) is 0 Å². The Morgan fingerprint density at radius 1 is 1.67 bits per heavy atom. The summed E-state index contributed by atoms with van der Waals surface area (Å²) in [4.78, 5) is 0.